The Morgan fingerprint density at radius 1 is 1.00 bits per heavy atom. The second-order valence-electron chi connectivity index (χ2n) is 9.35. The van der Waals surface area contributed by atoms with Gasteiger partial charge in [-0.15, -0.1) is 0 Å². The molecule has 1 aliphatic carbocycles. The van der Waals surface area contributed by atoms with Crippen molar-refractivity contribution >= 4 is 29.2 Å². The Hall–Kier alpha value is -3.39. The van der Waals surface area contributed by atoms with Crippen LogP contribution in [-0.4, -0.2) is 68.1 Å². The molecule has 0 bridgehead atoms. The first-order chi connectivity index (χ1) is 16.9. The summed E-state index contributed by atoms with van der Waals surface area (Å²) >= 11 is 0. The lowest BCUT2D eigenvalue weighted by Crippen LogP contribution is -2.53. The Kier molecular flexibility index (Phi) is 8.02. The fourth-order valence-corrected chi connectivity index (χ4v) is 4.89. The van der Waals surface area contributed by atoms with E-state index in [1.54, 1.807) is 24.3 Å². The van der Waals surface area contributed by atoms with E-state index >= 15 is 0 Å². The highest BCUT2D eigenvalue weighted by Crippen LogP contribution is 2.22. The van der Waals surface area contributed by atoms with E-state index < -0.39 is 0 Å². The van der Waals surface area contributed by atoms with E-state index in [9.17, 15) is 14.4 Å². The number of carbonyl (C=O) groups excluding carboxylic acids is 3. The van der Waals surface area contributed by atoms with Gasteiger partial charge in [0.15, 0.2) is 0 Å². The molecule has 1 aliphatic heterocycles. The number of methoxy groups -OCH3 is 1. The van der Waals surface area contributed by atoms with Gasteiger partial charge in [-0.25, -0.2) is 4.79 Å². The van der Waals surface area contributed by atoms with Gasteiger partial charge in [0.25, 0.3) is 5.91 Å². The lowest BCUT2D eigenvalue weighted by Gasteiger charge is -2.40. The average Bonchev–Trinajstić information content (AvgIpc) is 3.38. The fourth-order valence-electron chi connectivity index (χ4n) is 4.89. The third kappa shape index (κ3) is 6.19. The maximum absolute atomic E-state index is 12.9. The lowest BCUT2D eigenvalue weighted by molar-refractivity contribution is -0.117. The molecule has 186 valence electrons. The fraction of sp³-hybridized carbons (Fsp3) is 0.444. The van der Waals surface area contributed by atoms with Crippen LogP contribution in [0, 0.1) is 0 Å². The highest BCUT2D eigenvalue weighted by atomic mass is 16.5. The first-order valence-corrected chi connectivity index (χ1v) is 12.3. The summed E-state index contributed by atoms with van der Waals surface area (Å²) in [4.78, 5) is 41.7. The van der Waals surface area contributed by atoms with Crippen molar-refractivity contribution in [3.63, 3.8) is 0 Å². The van der Waals surface area contributed by atoms with Gasteiger partial charge < -0.3 is 20.3 Å². The van der Waals surface area contributed by atoms with Crippen LogP contribution in [0.2, 0.25) is 0 Å². The molecule has 0 radical (unpaired) electrons. The van der Waals surface area contributed by atoms with Gasteiger partial charge in [0.1, 0.15) is 0 Å². The molecule has 1 heterocycles. The van der Waals surface area contributed by atoms with Crippen LogP contribution in [0.3, 0.4) is 0 Å². The van der Waals surface area contributed by atoms with Gasteiger partial charge in [-0.1, -0.05) is 25.0 Å². The number of nitrogens with zero attached hydrogens (tertiary/aromatic N) is 2. The number of hydrogen-bond acceptors (Lipinski definition) is 6. The zero-order valence-electron chi connectivity index (χ0n) is 20.5. The highest BCUT2D eigenvalue weighted by Gasteiger charge is 2.26. The number of piperazine rings is 1. The molecule has 2 fully saturated rings. The van der Waals surface area contributed by atoms with Crippen molar-refractivity contribution in [3.8, 4) is 0 Å². The number of anilines is 2. The second kappa shape index (κ2) is 11.4. The van der Waals surface area contributed by atoms with E-state index in [0.29, 0.717) is 16.8 Å². The molecule has 2 aliphatic rings. The molecule has 4 rings (SSSR count). The van der Waals surface area contributed by atoms with Gasteiger partial charge in [0, 0.05) is 37.4 Å². The van der Waals surface area contributed by atoms with Gasteiger partial charge in [-0.2, -0.15) is 0 Å². The van der Waals surface area contributed by atoms with Gasteiger partial charge in [0.05, 0.1) is 30.5 Å². The SMILES string of the molecule is COC(=O)c1ccc(N2CCN(CC(=O)Nc3ccccc3C(=O)NC3CCCC3)C(C)C2)cc1. The lowest BCUT2D eigenvalue weighted by atomic mass is 10.1. The minimum absolute atomic E-state index is 0.131. The maximum Gasteiger partial charge on any atom is 0.337 e. The second-order valence-corrected chi connectivity index (χ2v) is 9.35. The summed E-state index contributed by atoms with van der Waals surface area (Å²) in [7, 11) is 1.37. The molecule has 2 N–H and O–H groups in total. The van der Waals surface area contributed by atoms with Crippen molar-refractivity contribution in [2.45, 2.75) is 44.7 Å². The largest absolute Gasteiger partial charge is 0.465 e. The monoisotopic (exact) mass is 478 g/mol. The molecule has 1 saturated carbocycles. The molecule has 0 spiro atoms. The Bertz CT molecular complexity index is 1050. The van der Waals surface area contributed by atoms with Gasteiger partial charge in [0.2, 0.25) is 5.91 Å². The normalized spacial score (nSPS) is 18.8. The smallest absolute Gasteiger partial charge is 0.337 e. The number of amides is 2. The van der Waals surface area contributed by atoms with Crippen LogP contribution in [-0.2, 0) is 9.53 Å². The summed E-state index contributed by atoms with van der Waals surface area (Å²) in [6.07, 6.45) is 4.32. The Balaban J connectivity index is 1.32. The molecule has 2 aromatic rings. The molecule has 1 saturated heterocycles. The van der Waals surface area contributed by atoms with E-state index in [0.717, 1.165) is 51.0 Å². The molecule has 8 nitrogen and oxygen atoms in total. The number of nitrogens with one attached hydrogen (secondary N) is 2. The number of carbonyl (C=O) groups is 3. The first kappa shape index (κ1) is 24.7. The summed E-state index contributed by atoms with van der Waals surface area (Å²) < 4.78 is 4.76. The summed E-state index contributed by atoms with van der Waals surface area (Å²) in [5, 5.41) is 6.05. The number of ether oxygens (including phenoxy) is 1. The number of rotatable bonds is 7. The van der Waals surface area contributed by atoms with Gasteiger partial charge in [-0.3, -0.25) is 14.5 Å². The van der Waals surface area contributed by atoms with Crippen LogP contribution in [0.5, 0.6) is 0 Å². The van der Waals surface area contributed by atoms with Crippen molar-refractivity contribution in [1.82, 2.24) is 10.2 Å². The molecule has 1 atom stereocenters. The van der Waals surface area contributed by atoms with Crippen molar-refractivity contribution in [2.75, 3.05) is 43.5 Å². The van der Waals surface area contributed by atoms with Crippen LogP contribution in [0.15, 0.2) is 48.5 Å². The predicted octanol–water partition coefficient (Wildman–Crippen LogP) is 3.29. The molecule has 2 amide bonds. The number of para-hydroxylation sites is 1. The van der Waals surface area contributed by atoms with E-state index in [-0.39, 0.29) is 36.4 Å². The van der Waals surface area contributed by atoms with Crippen molar-refractivity contribution in [2.24, 2.45) is 0 Å². The summed E-state index contributed by atoms with van der Waals surface area (Å²) in [5.41, 5.74) is 2.61. The van der Waals surface area contributed by atoms with Crippen molar-refractivity contribution in [3.05, 3.63) is 59.7 Å². The van der Waals surface area contributed by atoms with Crippen molar-refractivity contribution in [1.29, 1.82) is 0 Å². The third-order valence-corrected chi connectivity index (χ3v) is 6.90. The molecular weight excluding hydrogens is 444 g/mol. The summed E-state index contributed by atoms with van der Waals surface area (Å²) in [6, 6.07) is 15.0. The van der Waals surface area contributed by atoms with Crippen LogP contribution in [0.4, 0.5) is 11.4 Å². The molecule has 1 unspecified atom stereocenters. The van der Waals surface area contributed by atoms with Gasteiger partial charge in [-0.05, 0) is 56.2 Å². The van der Waals surface area contributed by atoms with E-state index in [2.05, 4.69) is 27.4 Å². The zero-order valence-corrected chi connectivity index (χ0v) is 20.5. The number of benzene rings is 2. The number of hydrogen-bond donors (Lipinski definition) is 2. The van der Waals surface area contributed by atoms with E-state index in [1.165, 1.54) is 7.11 Å². The molecular formula is C27H34N4O4. The molecule has 35 heavy (non-hydrogen) atoms. The van der Waals surface area contributed by atoms with E-state index in [4.69, 9.17) is 4.74 Å². The Morgan fingerprint density at radius 2 is 1.71 bits per heavy atom. The maximum atomic E-state index is 12.9. The van der Waals surface area contributed by atoms with Crippen molar-refractivity contribution < 1.29 is 19.1 Å². The zero-order chi connectivity index (χ0) is 24.8. The Morgan fingerprint density at radius 3 is 2.40 bits per heavy atom. The summed E-state index contributed by atoms with van der Waals surface area (Å²) in [6.45, 7) is 4.64. The first-order valence-electron chi connectivity index (χ1n) is 12.3. The van der Waals surface area contributed by atoms with Crippen LogP contribution < -0.4 is 15.5 Å². The standard InChI is InChI=1S/C27H34N4O4/c1-19-17-31(22-13-11-20(12-14-22)27(34)35-2)16-15-30(19)18-25(32)29-24-10-6-5-9-23(24)26(33)28-21-7-3-4-8-21/h5-6,9-14,19,21H,3-4,7-8,15-18H2,1-2H3,(H,28,33)(H,29,32). The predicted molar refractivity (Wildman–Crippen MR) is 136 cm³/mol. The topological polar surface area (TPSA) is 91.0 Å². The van der Waals surface area contributed by atoms with Crippen LogP contribution >= 0.6 is 0 Å². The van der Waals surface area contributed by atoms with Crippen LogP contribution in [0.25, 0.3) is 0 Å². The minimum atomic E-state index is -0.349. The number of esters is 1. The molecule has 8 heteroatoms. The molecule has 2 aromatic carbocycles. The summed E-state index contributed by atoms with van der Waals surface area (Å²) in [5.74, 6) is -0.611. The third-order valence-electron chi connectivity index (χ3n) is 6.90. The average molecular weight is 479 g/mol. The highest BCUT2D eigenvalue weighted by molar-refractivity contribution is 6.04. The van der Waals surface area contributed by atoms with E-state index in [1.807, 2.05) is 24.3 Å². The van der Waals surface area contributed by atoms with Gasteiger partial charge >= 0.3 is 5.97 Å². The Labute approximate surface area is 206 Å². The quantitative estimate of drug-likeness (QED) is 0.594. The van der Waals surface area contributed by atoms with Crippen LogP contribution in [0.1, 0.15) is 53.3 Å². The molecule has 0 aromatic heterocycles. The minimum Gasteiger partial charge on any atom is -0.465 e.